The van der Waals surface area contributed by atoms with Gasteiger partial charge in [-0.15, -0.1) is 0 Å². The highest BCUT2D eigenvalue weighted by Crippen LogP contribution is 2.39. The van der Waals surface area contributed by atoms with Gasteiger partial charge in [-0.25, -0.2) is 24.7 Å². The van der Waals surface area contributed by atoms with Gasteiger partial charge < -0.3 is 63.6 Å². The molecule has 0 aliphatic carbocycles. The molecule has 0 unspecified atom stereocenters. The van der Waals surface area contributed by atoms with Crippen molar-refractivity contribution < 1.29 is 51.3 Å². The Morgan fingerprint density at radius 2 is 0.917 bits per heavy atom. The quantitative estimate of drug-likeness (QED) is 0.0711. The minimum absolute atomic E-state index is 0. The summed E-state index contributed by atoms with van der Waals surface area (Å²) in [5, 5.41) is 23.8. The van der Waals surface area contributed by atoms with Gasteiger partial charge in [0.05, 0.1) is 177 Å². The van der Waals surface area contributed by atoms with Gasteiger partial charge in [-0.3, -0.25) is 34.0 Å². The fourth-order valence-corrected chi connectivity index (χ4v) is 12.3. The SMILES string of the molecule is C.C.C.COc1cc(OC)cc(N(CC#CC2(O)CN(C(=O)OC(C)(C)C)C2)c2ccc3ncc(-c4cnn(C)c4)nc3c2)c1.COc1cc(OC)cc(N(CC#Cc2ncccc2N)c2ccc3ncc(-c4cnn(C)c4)nc3c2)c1.[2H]C([2H])([2H])Oc1cc(OC([2H])([2H])[2H])cc(N(CC#Cc2ccncc2)c2ccc3ncc(-c4cnn(C(C)C)c4)nc3c2)c1. The van der Waals surface area contributed by atoms with E-state index in [0.717, 1.165) is 67.2 Å². The molecule has 8 aromatic heterocycles. The summed E-state index contributed by atoms with van der Waals surface area (Å²) in [5.41, 5.74) is 19.2. The first kappa shape index (κ1) is 79.0. The van der Waals surface area contributed by atoms with Gasteiger partial charge in [0.25, 0.3) is 0 Å². The number of nitrogen functional groups attached to an aromatic ring is 1. The first-order chi connectivity index (χ1) is 58.8. The van der Waals surface area contributed by atoms with Crippen LogP contribution in [-0.4, -0.2) is 172 Å². The Kier molecular flexibility index (Phi) is 25.8. The van der Waals surface area contributed by atoms with E-state index < -0.39 is 31.4 Å². The lowest BCUT2D eigenvalue weighted by Crippen LogP contribution is -2.63. The van der Waals surface area contributed by atoms with E-state index in [1.165, 1.54) is 23.1 Å². The van der Waals surface area contributed by atoms with E-state index in [9.17, 15) is 9.90 Å². The second kappa shape index (κ2) is 39.2. The molecule has 0 bridgehead atoms. The second-order valence-corrected chi connectivity index (χ2v) is 28.1. The molecule has 14 aromatic rings. The third-order valence-electron chi connectivity index (χ3n) is 18.2. The predicted octanol–water partition coefficient (Wildman–Crippen LogP) is 16.0. The molecule has 15 rings (SSSR count). The number of nitrogens with two attached hydrogens (primary N) is 1. The van der Waals surface area contributed by atoms with Crippen LogP contribution in [0, 0.1) is 35.5 Å². The number of amides is 1. The van der Waals surface area contributed by atoms with Crippen LogP contribution in [0.4, 0.5) is 44.6 Å². The molecule has 28 heteroatoms. The van der Waals surface area contributed by atoms with Gasteiger partial charge in [-0.1, -0.05) is 51.9 Å². The van der Waals surface area contributed by atoms with Crippen LogP contribution in [0.25, 0.3) is 66.9 Å². The van der Waals surface area contributed by atoms with E-state index in [1.54, 1.807) is 150 Å². The number of carbonyl (C=O) groups is 1. The van der Waals surface area contributed by atoms with E-state index in [-0.39, 0.29) is 66.0 Å². The van der Waals surface area contributed by atoms with Crippen molar-refractivity contribution >= 4 is 79.0 Å². The van der Waals surface area contributed by atoms with Crippen LogP contribution < -0.4 is 48.9 Å². The topological polar surface area (TPSA) is 297 Å². The summed E-state index contributed by atoms with van der Waals surface area (Å²) < 4.78 is 88.5. The smallest absolute Gasteiger partial charge is 0.410 e. The number of benzene rings is 6. The van der Waals surface area contributed by atoms with Crippen molar-refractivity contribution in [1.29, 1.82) is 0 Å². The van der Waals surface area contributed by atoms with Gasteiger partial charge >= 0.3 is 6.09 Å². The molecule has 1 amide bonds. The van der Waals surface area contributed by atoms with Crippen LogP contribution in [0.15, 0.2) is 208 Å². The molecule has 3 N–H and O–H groups in total. The monoisotopic (exact) mass is 1620 g/mol. The van der Waals surface area contributed by atoms with Crippen molar-refractivity contribution in [1.82, 2.24) is 74.1 Å². The van der Waals surface area contributed by atoms with Crippen LogP contribution in [0.2, 0.25) is 0 Å². The summed E-state index contributed by atoms with van der Waals surface area (Å²) in [7, 11) is 4.60. The lowest BCUT2D eigenvalue weighted by Gasteiger charge is -2.43. The lowest BCUT2D eigenvalue weighted by molar-refractivity contribution is -0.0638. The van der Waals surface area contributed by atoms with Crippen molar-refractivity contribution in [2.24, 2.45) is 14.1 Å². The third kappa shape index (κ3) is 21.6. The molecule has 6 aromatic carbocycles. The number of carbonyl (C=O) groups excluding carboxylic acids is 1. The number of aliphatic hydroxyl groups is 1. The highest BCUT2D eigenvalue weighted by atomic mass is 16.6. The maximum atomic E-state index is 12.3. The summed E-state index contributed by atoms with van der Waals surface area (Å²) in [6.45, 7) is 10.3. The van der Waals surface area contributed by atoms with Crippen molar-refractivity contribution in [3.8, 4) is 104 Å². The van der Waals surface area contributed by atoms with Crippen LogP contribution >= 0.6 is 0 Å². The summed E-state index contributed by atoms with van der Waals surface area (Å²) in [6.07, 6.45) is 20.6. The maximum Gasteiger partial charge on any atom is 0.410 e. The number of aromatic nitrogens is 14. The molecule has 0 saturated carbocycles. The Morgan fingerprint density at radius 3 is 1.30 bits per heavy atom. The number of likely N-dealkylation sites (tertiary alicyclic amines) is 1. The number of hydrogen-bond acceptors (Lipinski definition) is 24. The normalized spacial score (nSPS) is 12.5. The number of anilines is 7. The minimum Gasteiger partial charge on any atom is -0.497 e. The maximum absolute atomic E-state index is 12.3. The zero-order chi connectivity index (χ0) is 87.3. The average molecular weight is 1620 g/mol. The molecular weight excluding hydrogens is 1520 g/mol. The zero-order valence-electron chi connectivity index (χ0n) is 72.1. The van der Waals surface area contributed by atoms with E-state index in [2.05, 4.69) is 80.6 Å². The lowest BCUT2D eigenvalue weighted by atomic mass is 9.95. The second-order valence-electron chi connectivity index (χ2n) is 28.1. The van der Waals surface area contributed by atoms with E-state index in [4.69, 9.17) is 62.1 Å². The third-order valence-corrected chi connectivity index (χ3v) is 18.2. The molecular formula is C92H99N19O9. The van der Waals surface area contributed by atoms with Gasteiger partial charge in [-0.2, -0.15) is 15.3 Å². The molecule has 1 aliphatic heterocycles. The van der Waals surface area contributed by atoms with Gasteiger partial charge in [0.2, 0.25) is 0 Å². The van der Waals surface area contributed by atoms with Crippen LogP contribution in [0.3, 0.4) is 0 Å². The van der Waals surface area contributed by atoms with E-state index in [0.29, 0.717) is 80.2 Å². The summed E-state index contributed by atoms with van der Waals surface area (Å²) in [6, 6.07) is 39.9. The number of nitrogens with zero attached hydrogens (tertiary/aromatic N) is 18. The highest BCUT2D eigenvalue weighted by molar-refractivity contribution is 5.86. The number of aryl methyl sites for hydroxylation is 2. The van der Waals surface area contributed by atoms with Gasteiger partial charge in [-0.05, 0) is 119 Å². The molecule has 1 saturated heterocycles. The summed E-state index contributed by atoms with van der Waals surface area (Å²) in [4.78, 5) is 56.1. The molecule has 0 radical (unpaired) electrons. The molecule has 1 aliphatic rings. The molecule has 0 spiro atoms. The Bertz CT molecular complexity index is 6280. The number of β-amino-alcohol motifs (C(OH)–C–C–N with tert-alkyl or cyclic N) is 1. The standard InChI is InChI=1S/C31H34N6O5.C30H28N6O2.C28H25N7O2.3CH4/c1-30(2,3)42-29(38)36-19-31(39,20-36)10-7-11-37(23-12-24(40-5)15-25(13-23)41-6)22-8-9-26-27(14-22)34-28(17-32-26)21-16-33-35(4)18-21;1-21(2)36-20-23(18-33-36)30-19-32-28-8-7-24(16-29(28)34-30)35(13-5-6-22-9-11-31-12-10-22)25-14-26(37-3)17-27(15-25)38-4;1-34-18-19(16-32-34)28-17-31-26-9-8-20(14-27(26)33-28)35(11-5-7-25-24(29)6-4-10-30-25)21-12-22(36-2)15-23(13-21)37-3;;;/h8-9,12-18,39H,11,19-20H2,1-6H3;7-12,14-21H,13H2,1-4H3;4,6,8-10,12-18H,11,29H2,1-3H3;3*1H4/i;3D3,4D3;;;;. The number of methoxy groups -OCH3 is 6. The number of fused-ring (bicyclic) bond motifs is 3. The van der Waals surface area contributed by atoms with Crippen molar-refractivity contribution in [2.75, 3.05) is 95.7 Å². The van der Waals surface area contributed by atoms with Gasteiger partial charge in [0.15, 0.2) is 5.60 Å². The Morgan fingerprint density at radius 1 is 0.508 bits per heavy atom. The van der Waals surface area contributed by atoms with E-state index >= 15 is 0 Å². The van der Waals surface area contributed by atoms with Crippen LogP contribution in [-0.2, 0) is 18.8 Å². The fourth-order valence-electron chi connectivity index (χ4n) is 12.3. The number of pyridine rings is 2. The van der Waals surface area contributed by atoms with Crippen LogP contribution in [0.1, 0.15) is 82.4 Å². The molecule has 616 valence electrons. The highest BCUT2D eigenvalue weighted by Gasteiger charge is 2.44. The Labute approximate surface area is 708 Å². The van der Waals surface area contributed by atoms with Crippen molar-refractivity contribution in [2.45, 2.75) is 74.1 Å². The van der Waals surface area contributed by atoms with E-state index in [1.807, 2.05) is 141 Å². The number of ether oxygens (including phenoxy) is 7. The first-order valence-corrected chi connectivity index (χ1v) is 36.8. The first-order valence-electron chi connectivity index (χ1n) is 39.8. The predicted molar refractivity (Wildman–Crippen MR) is 472 cm³/mol. The summed E-state index contributed by atoms with van der Waals surface area (Å²) >= 11 is 0. The zero-order valence-corrected chi connectivity index (χ0v) is 66.1. The molecule has 120 heavy (non-hydrogen) atoms. The minimum atomic E-state index is -2.78. The Hall–Kier alpha value is -14.8. The number of rotatable bonds is 19. The van der Waals surface area contributed by atoms with Gasteiger partial charge in [0.1, 0.15) is 45.8 Å². The number of hydrogen-bond donors (Lipinski definition) is 2. The van der Waals surface area contributed by atoms with Crippen molar-refractivity contribution in [3.63, 3.8) is 0 Å². The van der Waals surface area contributed by atoms with Gasteiger partial charge in [0, 0.05) is 168 Å². The molecule has 0 atom stereocenters. The van der Waals surface area contributed by atoms with Crippen LogP contribution in [0.5, 0.6) is 34.5 Å². The Balaban J connectivity index is 0.000000196. The molecule has 28 nitrogen and oxygen atoms in total. The van der Waals surface area contributed by atoms with Crippen molar-refractivity contribution in [3.05, 3.63) is 219 Å². The molecule has 9 heterocycles. The largest absolute Gasteiger partial charge is 0.497 e. The average Bonchev–Trinajstić information content (AvgIpc) is 1.09. The fraction of sp³-hybridized carbons (Fsp3) is 0.261. The summed E-state index contributed by atoms with van der Waals surface area (Å²) in [5.74, 6) is 21.0. The molecule has 1 fully saturated rings.